The number of nitrogens with two attached hydrogens (primary N) is 1. The minimum absolute atomic E-state index is 0.00663. The lowest BCUT2D eigenvalue weighted by atomic mass is 9.88. The zero-order chi connectivity index (χ0) is 16.3. The second-order valence-electron chi connectivity index (χ2n) is 6.10. The van der Waals surface area contributed by atoms with E-state index in [0.717, 1.165) is 19.3 Å². The van der Waals surface area contributed by atoms with E-state index < -0.39 is 0 Å². The molecule has 0 aromatic rings. The standard InChI is InChI=1S/C16H33N3O2/c1-5-13(4)19-16(21)9-11-18-15(20)7-6-14(8-10-17)12(2)3/h12-14H,5-11,17H2,1-4H3,(H,18,20)(H,19,21). The van der Waals surface area contributed by atoms with Crippen LogP contribution in [0.5, 0.6) is 0 Å². The average Bonchev–Trinajstić information content (AvgIpc) is 2.42. The molecule has 0 radical (unpaired) electrons. The molecule has 0 spiro atoms. The van der Waals surface area contributed by atoms with Gasteiger partial charge in [-0.1, -0.05) is 20.8 Å². The van der Waals surface area contributed by atoms with Gasteiger partial charge in [-0.05, 0) is 44.6 Å². The maximum Gasteiger partial charge on any atom is 0.221 e. The van der Waals surface area contributed by atoms with E-state index in [4.69, 9.17) is 5.73 Å². The Hall–Kier alpha value is -1.10. The molecule has 0 saturated heterocycles. The molecule has 2 unspecified atom stereocenters. The predicted molar refractivity (Wildman–Crippen MR) is 86.8 cm³/mol. The first kappa shape index (κ1) is 19.9. The van der Waals surface area contributed by atoms with Crippen molar-refractivity contribution in [1.29, 1.82) is 0 Å². The third-order valence-electron chi connectivity index (χ3n) is 3.92. The first-order valence-corrected chi connectivity index (χ1v) is 8.16. The first-order chi connectivity index (χ1) is 9.90. The van der Waals surface area contributed by atoms with Crippen molar-refractivity contribution in [1.82, 2.24) is 10.6 Å². The summed E-state index contributed by atoms with van der Waals surface area (Å²) in [5.41, 5.74) is 5.59. The van der Waals surface area contributed by atoms with Crippen LogP contribution in [-0.4, -0.2) is 30.9 Å². The van der Waals surface area contributed by atoms with Gasteiger partial charge in [0.15, 0.2) is 0 Å². The van der Waals surface area contributed by atoms with Gasteiger partial charge in [0.25, 0.3) is 0 Å². The molecule has 0 aromatic carbocycles. The number of hydrogen-bond donors (Lipinski definition) is 3. The zero-order valence-corrected chi connectivity index (χ0v) is 14.1. The van der Waals surface area contributed by atoms with Gasteiger partial charge in [0.05, 0.1) is 0 Å². The number of hydrogen-bond acceptors (Lipinski definition) is 3. The van der Waals surface area contributed by atoms with Crippen LogP contribution in [-0.2, 0) is 9.59 Å². The Labute approximate surface area is 129 Å². The van der Waals surface area contributed by atoms with E-state index in [1.807, 2.05) is 13.8 Å². The number of rotatable bonds is 11. The van der Waals surface area contributed by atoms with E-state index in [-0.39, 0.29) is 17.9 Å². The molecule has 0 rings (SSSR count). The minimum atomic E-state index is -0.00663. The van der Waals surface area contributed by atoms with Gasteiger partial charge in [-0.25, -0.2) is 0 Å². The molecular formula is C16H33N3O2. The van der Waals surface area contributed by atoms with Crippen molar-refractivity contribution >= 4 is 11.8 Å². The summed E-state index contributed by atoms with van der Waals surface area (Å²) in [7, 11) is 0. The molecular weight excluding hydrogens is 266 g/mol. The van der Waals surface area contributed by atoms with E-state index in [9.17, 15) is 9.59 Å². The lowest BCUT2D eigenvalue weighted by molar-refractivity contribution is -0.122. The van der Waals surface area contributed by atoms with Crippen LogP contribution in [0.4, 0.5) is 0 Å². The summed E-state index contributed by atoms with van der Waals surface area (Å²) >= 11 is 0. The highest BCUT2D eigenvalue weighted by molar-refractivity contribution is 5.79. The molecule has 0 aliphatic rings. The second kappa shape index (κ2) is 11.5. The Morgan fingerprint density at radius 1 is 1.05 bits per heavy atom. The highest BCUT2D eigenvalue weighted by atomic mass is 16.2. The van der Waals surface area contributed by atoms with E-state index in [1.165, 1.54) is 0 Å². The van der Waals surface area contributed by atoms with Gasteiger partial charge in [0.1, 0.15) is 0 Å². The van der Waals surface area contributed by atoms with Gasteiger partial charge < -0.3 is 16.4 Å². The number of carbonyl (C=O) groups excluding carboxylic acids is 2. The van der Waals surface area contributed by atoms with Crippen molar-refractivity contribution in [3.8, 4) is 0 Å². The lowest BCUT2D eigenvalue weighted by Gasteiger charge is -2.19. The smallest absolute Gasteiger partial charge is 0.221 e. The quantitative estimate of drug-likeness (QED) is 0.544. The molecule has 0 aliphatic carbocycles. The van der Waals surface area contributed by atoms with Gasteiger partial charge in [-0.2, -0.15) is 0 Å². The molecule has 4 N–H and O–H groups in total. The van der Waals surface area contributed by atoms with Crippen molar-refractivity contribution in [2.75, 3.05) is 13.1 Å². The predicted octanol–water partition coefficient (Wildman–Crippen LogP) is 1.81. The largest absolute Gasteiger partial charge is 0.356 e. The van der Waals surface area contributed by atoms with E-state index >= 15 is 0 Å². The van der Waals surface area contributed by atoms with Crippen LogP contribution in [0.3, 0.4) is 0 Å². The zero-order valence-electron chi connectivity index (χ0n) is 14.1. The van der Waals surface area contributed by atoms with Crippen LogP contribution >= 0.6 is 0 Å². The third kappa shape index (κ3) is 10.3. The van der Waals surface area contributed by atoms with Crippen molar-refractivity contribution in [3.63, 3.8) is 0 Å². The normalized spacial score (nSPS) is 13.8. The van der Waals surface area contributed by atoms with Crippen LogP contribution in [0, 0.1) is 11.8 Å². The van der Waals surface area contributed by atoms with Crippen LogP contribution in [0.2, 0.25) is 0 Å². The van der Waals surface area contributed by atoms with Crippen molar-refractivity contribution < 1.29 is 9.59 Å². The molecule has 124 valence electrons. The topological polar surface area (TPSA) is 84.2 Å². The second-order valence-corrected chi connectivity index (χ2v) is 6.10. The summed E-state index contributed by atoms with van der Waals surface area (Å²) < 4.78 is 0. The summed E-state index contributed by atoms with van der Waals surface area (Å²) in [6.07, 6.45) is 3.58. The SMILES string of the molecule is CCC(C)NC(=O)CCNC(=O)CCC(CCN)C(C)C. The fourth-order valence-corrected chi connectivity index (χ4v) is 2.19. The molecule has 0 aromatic heterocycles. The van der Waals surface area contributed by atoms with Crippen molar-refractivity contribution in [3.05, 3.63) is 0 Å². The van der Waals surface area contributed by atoms with Gasteiger partial charge in [-0.3, -0.25) is 9.59 Å². The van der Waals surface area contributed by atoms with Crippen molar-refractivity contribution in [2.45, 2.75) is 65.8 Å². The van der Waals surface area contributed by atoms with Crippen LogP contribution in [0.1, 0.15) is 59.8 Å². The molecule has 0 aliphatic heterocycles. The maximum absolute atomic E-state index is 11.8. The Kier molecular flexibility index (Phi) is 10.9. The Balaban J connectivity index is 3.82. The van der Waals surface area contributed by atoms with Gasteiger partial charge >= 0.3 is 0 Å². The van der Waals surface area contributed by atoms with Crippen LogP contribution in [0.15, 0.2) is 0 Å². The molecule has 0 fully saturated rings. The molecule has 5 nitrogen and oxygen atoms in total. The monoisotopic (exact) mass is 299 g/mol. The van der Waals surface area contributed by atoms with E-state index in [2.05, 4.69) is 24.5 Å². The summed E-state index contributed by atoms with van der Waals surface area (Å²) in [6, 6.07) is 0.191. The summed E-state index contributed by atoms with van der Waals surface area (Å²) in [4.78, 5) is 23.3. The number of amides is 2. The summed E-state index contributed by atoms with van der Waals surface area (Å²) in [6.45, 7) is 9.40. The summed E-state index contributed by atoms with van der Waals surface area (Å²) in [5.74, 6) is 1.05. The highest BCUT2D eigenvalue weighted by Crippen LogP contribution is 2.20. The molecule has 0 heterocycles. The van der Waals surface area contributed by atoms with E-state index in [0.29, 0.717) is 37.8 Å². The lowest BCUT2D eigenvalue weighted by Crippen LogP contribution is -2.35. The van der Waals surface area contributed by atoms with Gasteiger partial charge in [-0.15, -0.1) is 0 Å². The first-order valence-electron chi connectivity index (χ1n) is 8.16. The maximum atomic E-state index is 11.8. The van der Waals surface area contributed by atoms with Gasteiger partial charge in [0.2, 0.25) is 11.8 Å². The highest BCUT2D eigenvalue weighted by Gasteiger charge is 2.14. The Morgan fingerprint density at radius 3 is 2.24 bits per heavy atom. The van der Waals surface area contributed by atoms with E-state index in [1.54, 1.807) is 0 Å². The molecule has 2 atom stereocenters. The van der Waals surface area contributed by atoms with Crippen molar-refractivity contribution in [2.24, 2.45) is 17.6 Å². The fraction of sp³-hybridized carbons (Fsp3) is 0.875. The van der Waals surface area contributed by atoms with Crippen LogP contribution in [0.25, 0.3) is 0 Å². The number of nitrogens with one attached hydrogen (secondary N) is 2. The Morgan fingerprint density at radius 2 is 1.71 bits per heavy atom. The van der Waals surface area contributed by atoms with Gasteiger partial charge in [0, 0.05) is 25.4 Å². The minimum Gasteiger partial charge on any atom is -0.356 e. The molecule has 5 heteroatoms. The molecule has 0 bridgehead atoms. The average molecular weight is 299 g/mol. The molecule has 0 saturated carbocycles. The summed E-state index contributed by atoms with van der Waals surface area (Å²) in [5, 5.41) is 5.69. The third-order valence-corrected chi connectivity index (χ3v) is 3.92. The fourth-order valence-electron chi connectivity index (χ4n) is 2.19. The Bertz CT molecular complexity index is 306. The molecule has 21 heavy (non-hydrogen) atoms. The van der Waals surface area contributed by atoms with Crippen LogP contribution < -0.4 is 16.4 Å². The molecule has 2 amide bonds. The number of carbonyl (C=O) groups is 2.